The van der Waals surface area contributed by atoms with Crippen molar-refractivity contribution in [2.24, 2.45) is 5.73 Å². The average molecular weight is 243 g/mol. The summed E-state index contributed by atoms with van der Waals surface area (Å²) < 4.78 is 2.26. The van der Waals surface area contributed by atoms with Crippen molar-refractivity contribution in [1.82, 2.24) is 9.13 Å². The highest BCUT2D eigenvalue weighted by atomic mass is 16.3. The zero-order valence-corrected chi connectivity index (χ0v) is 9.45. The second kappa shape index (κ2) is 6.33. The van der Waals surface area contributed by atoms with E-state index in [1.807, 2.05) is 0 Å². The minimum absolute atomic E-state index is 0.0434. The Hall–Kier alpha value is -1.44. The van der Waals surface area contributed by atoms with Crippen LogP contribution in [-0.2, 0) is 13.1 Å². The van der Waals surface area contributed by atoms with Crippen molar-refractivity contribution in [1.29, 1.82) is 0 Å². The molecule has 0 aliphatic carbocycles. The highest BCUT2D eigenvalue weighted by molar-refractivity contribution is 4.87. The molecule has 1 atom stereocenters. The molecule has 0 saturated heterocycles. The number of nitrogens with two attached hydrogens (primary N) is 1. The third-order valence-electron chi connectivity index (χ3n) is 2.34. The van der Waals surface area contributed by atoms with Crippen LogP contribution < -0.4 is 17.0 Å². The summed E-state index contributed by atoms with van der Waals surface area (Å²) in [6, 6.07) is 1.25. The first kappa shape index (κ1) is 13.6. The van der Waals surface area contributed by atoms with Crippen LogP contribution in [0.3, 0.4) is 0 Å². The number of hydrogen-bond acceptors (Lipinski definition) is 5. The minimum atomic E-state index is -1.02. The van der Waals surface area contributed by atoms with E-state index in [9.17, 15) is 14.7 Å². The van der Waals surface area contributed by atoms with Crippen LogP contribution in [0, 0.1) is 0 Å². The van der Waals surface area contributed by atoms with Gasteiger partial charge < -0.3 is 15.9 Å². The smallest absolute Gasteiger partial charge is 0.331 e. The summed E-state index contributed by atoms with van der Waals surface area (Å²) >= 11 is 0. The lowest BCUT2D eigenvalue weighted by Crippen LogP contribution is -2.41. The molecular formula is C10H17N3O4. The molecule has 1 aromatic rings. The van der Waals surface area contributed by atoms with Gasteiger partial charge in [0, 0.05) is 18.8 Å². The van der Waals surface area contributed by atoms with Crippen molar-refractivity contribution in [2.75, 3.05) is 13.2 Å². The first-order valence-electron chi connectivity index (χ1n) is 5.39. The van der Waals surface area contributed by atoms with Crippen molar-refractivity contribution in [2.45, 2.75) is 25.6 Å². The van der Waals surface area contributed by atoms with E-state index in [0.717, 1.165) is 4.57 Å². The van der Waals surface area contributed by atoms with Crippen LogP contribution in [-0.4, -0.2) is 38.6 Å². The first-order valence-corrected chi connectivity index (χ1v) is 5.39. The monoisotopic (exact) mass is 243 g/mol. The number of hydrogen-bond donors (Lipinski definition) is 3. The molecule has 0 aliphatic rings. The fourth-order valence-corrected chi connectivity index (χ4v) is 1.44. The van der Waals surface area contributed by atoms with Gasteiger partial charge in [0.25, 0.3) is 5.56 Å². The molecule has 4 N–H and O–H groups in total. The molecule has 0 bridgehead atoms. The molecule has 1 heterocycles. The number of rotatable bonds is 6. The maximum Gasteiger partial charge on any atom is 0.331 e. The molecule has 0 spiro atoms. The van der Waals surface area contributed by atoms with Crippen LogP contribution in [0.4, 0.5) is 0 Å². The predicted octanol–water partition coefficient (Wildman–Crippen LogP) is -2.29. The molecule has 0 amide bonds. The molecule has 0 aromatic carbocycles. The van der Waals surface area contributed by atoms with E-state index in [0.29, 0.717) is 13.0 Å². The maximum absolute atomic E-state index is 11.8. The summed E-state index contributed by atoms with van der Waals surface area (Å²) in [7, 11) is 0. The summed E-state index contributed by atoms with van der Waals surface area (Å²) in [4.78, 5) is 23.3. The molecule has 7 nitrogen and oxygen atoms in total. The molecular weight excluding hydrogens is 226 g/mol. The second-order valence-electron chi connectivity index (χ2n) is 3.72. The van der Waals surface area contributed by atoms with Crippen LogP contribution >= 0.6 is 0 Å². The fourth-order valence-electron chi connectivity index (χ4n) is 1.44. The molecule has 0 saturated carbocycles. The normalized spacial score (nSPS) is 12.6. The highest BCUT2D eigenvalue weighted by Crippen LogP contribution is 1.87. The van der Waals surface area contributed by atoms with E-state index in [1.165, 1.54) is 16.8 Å². The Bertz CT molecular complexity index is 465. The van der Waals surface area contributed by atoms with E-state index >= 15 is 0 Å². The topological polar surface area (TPSA) is 110 Å². The summed E-state index contributed by atoms with van der Waals surface area (Å²) in [5.74, 6) is 0. The third-order valence-corrected chi connectivity index (χ3v) is 2.34. The molecule has 0 radical (unpaired) electrons. The van der Waals surface area contributed by atoms with Crippen molar-refractivity contribution in [3.05, 3.63) is 33.1 Å². The molecule has 0 fully saturated rings. The van der Waals surface area contributed by atoms with E-state index < -0.39 is 24.0 Å². The Morgan fingerprint density at radius 1 is 1.41 bits per heavy atom. The van der Waals surface area contributed by atoms with Gasteiger partial charge in [0.15, 0.2) is 0 Å². The molecule has 7 heteroatoms. The number of aromatic nitrogens is 2. The van der Waals surface area contributed by atoms with Crippen molar-refractivity contribution < 1.29 is 10.2 Å². The summed E-state index contributed by atoms with van der Waals surface area (Å²) in [6.07, 6.45) is 0.817. The quantitative estimate of drug-likeness (QED) is 0.521. The SMILES string of the molecule is NCCCn1c(=O)ccn(CC(O)CO)c1=O. The van der Waals surface area contributed by atoms with Crippen LogP contribution in [0.15, 0.2) is 21.9 Å². The van der Waals surface area contributed by atoms with Crippen molar-refractivity contribution in [3.63, 3.8) is 0 Å². The number of nitrogens with zero attached hydrogens (tertiary/aromatic N) is 2. The van der Waals surface area contributed by atoms with Crippen LogP contribution in [0.5, 0.6) is 0 Å². The maximum atomic E-state index is 11.8. The van der Waals surface area contributed by atoms with Crippen LogP contribution in [0.1, 0.15) is 6.42 Å². The van der Waals surface area contributed by atoms with Gasteiger partial charge in [-0.25, -0.2) is 4.79 Å². The molecule has 0 aliphatic heterocycles. The Kier molecular flexibility index (Phi) is 5.08. The van der Waals surface area contributed by atoms with Crippen molar-refractivity contribution in [3.8, 4) is 0 Å². The number of aliphatic hydroxyl groups excluding tert-OH is 2. The molecule has 1 rings (SSSR count). The Morgan fingerprint density at radius 2 is 2.12 bits per heavy atom. The van der Waals surface area contributed by atoms with E-state index in [4.69, 9.17) is 10.8 Å². The average Bonchev–Trinajstić information content (AvgIpc) is 2.32. The summed E-state index contributed by atoms with van der Waals surface area (Å²) in [5.41, 5.74) is 4.43. The largest absolute Gasteiger partial charge is 0.394 e. The predicted molar refractivity (Wildman–Crippen MR) is 61.7 cm³/mol. The third kappa shape index (κ3) is 3.52. The minimum Gasteiger partial charge on any atom is -0.394 e. The molecule has 96 valence electrons. The van der Waals surface area contributed by atoms with Gasteiger partial charge in [-0.15, -0.1) is 0 Å². The standard InChI is InChI=1S/C10H17N3O4/c11-3-1-4-13-9(16)2-5-12(10(13)17)6-8(15)7-14/h2,5,8,14-15H,1,3-4,6-7,11H2. The molecule has 17 heavy (non-hydrogen) atoms. The van der Waals surface area contributed by atoms with Crippen LogP contribution in [0.25, 0.3) is 0 Å². The van der Waals surface area contributed by atoms with Gasteiger partial charge in [-0.1, -0.05) is 0 Å². The van der Waals surface area contributed by atoms with E-state index in [2.05, 4.69) is 0 Å². The van der Waals surface area contributed by atoms with Crippen molar-refractivity contribution >= 4 is 0 Å². The number of aliphatic hydroxyl groups is 2. The Labute approximate surface area is 97.7 Å². The summed E-state index contributed by atoms with van der Waals surface area (Å²) in [5, 5.41) is 18.0. The highest BCUT2D eigenvalue weighted by Gasteiger charge is 2.08. The van der Waals surface area contributed by atoms with Gasteiger partial charge in [0.05, 0.1) is 19.3 Å². The van der Waals surface area contributed by atoms with Gasteiger partial charge in [0.1, 0.15) is 0 Å². The Balaban J connectivity index is 3.02. The molecule has 1 unspecified atom stereocenters. The lowest BCUT2D eigenvalue weighted by Gasteiger charge is -2.11. The van der Waals surface area contributed by atoms with Crippen LogP contribution in [0.2, 0.25) is 0 Å². The van der Waals surface area contributed by atoms with E-state index in [1.54, 1.807) is 0 Å². The van der Waals surface area contributed by atoms with E-state index in [-0.39, 0.29) is 13.1 Å². The van der Waals surface area contributed by atoms with Gasteiger partial charge in [-0.2, -0.15) is 0 Å². The Morgan fingerprint density at radius 3 is 2.71 bits per heavy atom. The first-order chi connectivity index (χ1) is 8.10. The van der Waals surface area contributed by atoms with Gasteiger partial charge in [-0.05, 0) is 13.0 Å². The lowest BCUT2D eigenvalue weighted by molar-refractivity contribution is 0.0796. The van der Waals surface area contributed by atoms with Gasteiger partial charge in [-0.3, -0.25) is 13.9 Å². The zero-order chi connectivity index (χ0) is 12.8. The summed E-state index contributed by atoms with van der Waals surface area (Å²) in [6.45, 7) is 0.164. The van der Waals surface area contributed by atoms with Gasteiger partial charge >= 0.3 is 5.69 Å². The zero-order valence-electron chi connectivity index (χ0n) is 9.45. The molecule has 1 aromatic heterocycles. The second-order valence-corrected chi connectivity index (χ2v) is 3.72. The fraction of sp³-hybridized carbons (Fsp3) is 0.600. The van der Waals surface area contributed by atoms with Gasteiger partial charge in [0.2, 0.25) is 0 Å². The lowest BCUT2D eigenvalue weighted by atomic mass is 10.3.